The lowest BCUT2D eigenvalue weighted by Crippen LogP contribution is -2.25. The lowest BCUT2D eigenvalue weighted by Gasteiger charge is -2.25. The molecule has 1 heteroatoms. The van der Waals surface area contributed by atoms with Crippen LogP contribution in [0.5, 0.6) is 0 Å². The van der Waals surface area contributed by atoms with Crippen LogP contribution in [0.4, 0.5) is 0 Å². The first-order valence-corrected chi connectivity index (χ1v) is 5.02. The highest BCUT2D eigenvalue weighted by Gasteiger charge is 2.21. The van der Waals surface area contributed by atoms with Gasteiger partial charge in [-0.1, -0.05) is 47.5 Å². The highest BCUT2D eigenvalue weighted by atomic mass is 16.3. The van der Waals surface area contributed by atoms with Crippen LogP contribution < -0.4 is 0 Å². The van der Waals surface area contributed by atoms with Gasteiger partial charge in [-0.15, -0.1) is 0 Å². The van der Waals surface area contributed by atoms with Gasteiger partial charge in [-0.2, -0.15) is 0 Å². The lowest BCUT2D eigenvalue weighted by molar-refractivity contribution is 0.0527. The normalized spacial score (nSPS) is 15.2. The van der Waals surface area contributed by atoms with Crippen LogP contribution in [0.3, 0.4) is 0 Å². The van der Waals surface area contributed by atoms with Gasteiger partial charge in [0.05, 0.1) is 6.10 Å². The second-order valence-corrected chi connectivity index (χ2v) is 5.21. The van der Waals surface area contributed by atoms with Crippen molar-refractivity contribution in [2.75, 3.05) is 0 Å². The van der Waals surface area contributed by atoms with Crippen LogP contribution in [-0.2, 0) is 0 Å². The van der Waals surface area contributed by atoms with Crippen LogP contribution in [0.2, 0.25) is 0 Å². The molecule has 0 aromatic rings. The van der Waals surface area contributed by atoms with E-state index in [1.54, 1.807) is 0 Å². The summed E-state index contributed by atoms with van der Waals surface area (Å²) in [6.07, 6.45) is 3.18. The molecule has 1 N–H and O–H groups in total. The monoisotopic (exact) mass is 172 g/mol. The summed E-state index contributed by atoms with van der Waals surface area (Å²) in [5.41, 5.74) is 0.0526. The summed E-state index contributed by atoms with van der Waals surface area (Å²) in [4.78, 5) is 0. The van der Waals surface area contributed by atoms with E-state index in [0.29, 0.717) is 0 Å². The zero-order valence-corrected chi connectivity index (χ0v) is 9.22. The number of aliphatic hydroxyl groups is 1. The molecule has 1 atom stereocenters. The Morgan fingerprint density at radius 2 is 1.58 bits per heavy atom. The van der Waals surface area contributed by atoms with Gasteiger partial charge in [0.1, 0.15) is 0 Å². The zero-order chi connectivity index (χ0) is 9.78. The fourth-order valence-corrected chi connectivity index (χ4v) is 1.15. The minimum atomic E-state index is -0.142. The molecule has 0 aromatic heterocycles. The lowest BCUT2D eigenvalue weighted by atomic mass is 9.86. The van der Waals surface area contributed by atoms with Crippen LogP contribution in [-0.4, -0.2) is 11.2 Å². The van der Waals surface area contributed by atoms with Crippen molar-refractivity contribution in [1.29, 1.82) is 0 Å². The standard InChI is InChI=1S/C11H24O/c1-9(2)7-6-8-10(12)11(3,4)5/h9-10,12H,6-8H2,1-5H3. The molecule has 0 fully saturated rings. The number of aliphatic hydroxyl groups excluding tert-OH is 1. The first kappa shape index (κ1) is 12.0. The van der Waals surface area contributed by atoms with E-state index < -0.39 is 0 Å². The molecule has 0 spiro atoms. The minimum absolute atomic E-state index is 0.0526. The highest BCUT2D eigenvalue weighted by Crippen LogP contribution is 2.23. The molecule has 0 amide bonds. The summed E-state index contributed by atoms with van der Waals surface area (Å²) in [6.45, 7) is 10.7. The molecule has 1 unspecified atom stereocenters. The van der Waals surface area contributed by atoms with E-state index in [0.717, 1.165) is 18.8 Å². The van der Waals surface area contributed by atoms with E-state index >= 15 is 0 Å². The van der Waals surface area contributed by atoms with E-state index in [-0.39, 0.29) is 11.5 Å². The summed E-state index contributed by atoms with van der Waals surface area (Å²) in [7, 11) is 0. The van der Waals surface area contributed by atoms with E-state index in [1.807, 2.05) is 0 Å². The quantitative estimate of drug-likeness (QED) is 0.690. The highest BCUT2D eigenvalue weighted by molar-refractivity contribution is 4.72. The molecule has 0 aliphatic carbocycles. The van der Waals surface area contributed by atoms with Crippen LogP contribution in [0.25, 0.3) is 0 Å². The molecule has 12 heavy (non-hydrogen) atoms. The Kier molecular flexibility index (Phi) is 4.84. The predicted octanol–water partition coefficient (Wildman–Crippen LogP) is 3.22. The van der Waals surface area contributed by atoms with E-state index in [9.17, 15) is 5.11 Å². The Hall–Kier alpha value is -0.0400. The van der Waals surface area contributed by atoms with Crippen molar-refractivity contribution in [3.05, 3.63) is 0 Å². The fourth-order valence-electron chi connectivity index (χ4n) is 1.15. The molecule has 74 valence electrons. The molecule has 0 saturated carbocycles. The van der Waals surface area contributed by atoms with Gasteiger partial charge in [0.25, 0.3) is 0 Å². The van der Waals surface area contributed by atoms with Crippen molar-refractivity contribution >= 4 is 0 Å². The van der Waals surface area contributed by atoms with E-state index in [1.165, 1.54) is 6.42 Å². The Bertz CT molecular complexity index is 111. The molecular weight excluding hydrogens is 148 g/mol. The van der Waals surface area contributed by atoms with Crippen LogP contribution >= 0.6 is 0 Å². The third-order valence-corrected chi connectivity index (χ3v) is 2.26. The predicted molar refractivity (Wildman–Crippen MR) is 54.2 cm³/mol. The summed E-state index contributed by atoms with van der Waals surface area (Å²) in [5, 5.41) is 9.70. The van der Waals surface area contributed by atoms with Crippen molar-refractivity contribution in [2.45, 2.75) is 60.0 Å². The largest absolute Gasteiger partial charge is 0.393 e. The van der Waals surface area contributed by atoms with Gasteiger partial charge in [-0.3, -0.25) is 0 Å². The first-order valence-electron chi connectivity index (χ1n) is 5.02. The molecular formula is C11H24O. The summed E-state index contributed by atoms with van der Waals surface area (Å²) >= 11 is 0. The maximum Gasteiger partial charge on any atom is 0.0588 e. The Balaban J connectivity index is 3.51. The second kappa shape index (κ2) is 4.86. The van der Waals surface area contributed by atoms with Gasteiger partial charge in [0, 0.05) is 0 Å². The molecule has 1 nitrogen and oxygen atoms in total. The van der Waals surface area contributed by atoms with Crippen molar-refractivity contribution < 1.29 is 5.11 Å². The fraction of sp³-hybridized carbons (Fsp3) is 1.00. The molecule has 0 aliphatic heterocycles. The molecule has 0 aliphatic rings. The molecule has 0 aromatic carbocycles. The van der Waals surface area contributed by atoms with Crippen molar-refractivity contribution in [2.24, 2.45) is 11.3 Å². The van der Waals surface area contributed by atoms with Crippen molar-refractivity contribution in [1.82, 2.24) is 0 Å². The minimum Gasteiger partial charge on any atom is -0.393 e. The van der Waals surface area contributed by atoms with Crippen LogP contribution in [0.15, 0.2) is 0 Å². The van der Waals surface area contributed by atoms with Gasteiger partial charge in [-0.05, 0) is 17.8 Å². The van der Waals surface area contributed by atoms with E-state index in [4.69, 9.17) is 0 Å². The maximum absolute atomic E-state index is 9.70. The van der Waals surface area contributed by atoms with Crippen LogP contribution in [0, 0.1) is 11.3 Å². The molecule has 0 saturated heterocycles. The van der Waals surface area contributed by atoms with Gasteiger partial charge >= 0.3 is 0 Å². The first-order chi connectivity index (χ1) is 5.34. The van der Waals surface area contributed by atoms with Gasteiger partial charge < -0.3 is 5.11 Å². The van der Waals surface area contributed by atoms with Gasteiger partial charge in [-0.25, -0.2) is 0 Å². The van der Waals surface area contributed by atoms with Crippen LogP contribution in [0.1, 0.15) is 53.9 Å². The Morgan fingerprint density at radius 3 is 1.92 bits per heavy atom. The summed E-state index contributed by atoms with van der Waals surface area (Å²) < 4.78 is 0. The third-order valence-electron chi connectivity index (χ3n) is 2.26. The van der Waals surface area contributed by atoms with Gasteiger partial charge in [0.15, 0.2) is 0 Å². The molecule has 0 radical (unpaired) electrons. The average Bonchev–Trinajstić information content (AvgIpc) is 1.84. The maximum atomic E-state index is 9.70. The van der Waals surface area contributed by atoms with Crippen molar-refractivity contribution in [3.63, 3.8) is 0 Å². The SMILES string of the molecule is CC(C)CCCC(O)C(C)(C)C. The summed E-state index contributed by atoms with van der Waals surface area (Å²) in [6, 6.07) is 0. The third kappa shape index (κ3) is 5.59. The smallest absolute Gasteiger partial charge is 0.0588 e. The Labute approximate surface area is 77.2 Å². The zero-order valence-electron chi connectivity index (χ0n) is 9.22. The molecule has 0 bridgehead atoms. The topological polar surface area (TPSA) is 20.2 Å². The number of rotatable bonds is 4. The average molecular weight is 172 g/mol. The number of hydrogen-bond acceptors (Lipinski definition) is 1. The van der Waals surface area contributed by atoms with Crippen molar-refractivity contribution in [3.8, 4) is 0 Å². The van der Waals surface area contributed by atoms with Gasteiger partial charge in [0.2, 0.25) is 0 Å². The number of hydrogen-bond donors (Lipinski definition) is 1. The molecule has 0 rings (SSSR count). The summed E-state index contributed by atoms with van der Waals surface area (Å²) in [5.74, 6) is 0.761. The Morgan fingerprint density at radius 1 is 1.08 bits per heavy atom. The van der Waals surface area contributed by atoms with E-state index in [2.05, 4.69) is 34.6 Å². The second-order valence-electron chi connectivity index (χ2n) is 5.21. The molecule has 0 heterocycles.